The predicted octanol–water partition coefficient (Wildman–Crippen LogP) is 0.791. The van der Waals surface area contributed by atoms with Gasteiger partial charge in [0, 0.05) is 38.5 Å². The number of carbonyl (C=O) groups excluding carboxylic acids is 2. The molecule has 1 atom stereocenters. The van der Waals surface area contributed by atoms with Gasteiger partial charge in [0.1, 0.15) is 0 Å². The first kappa shape index (κ1) is 16.6. The van der Waals surface area contributed by atoms with Gasteiger partial charge in [-0.1, -0.05) is 0 Å². The Bertz CT molecular complexity index is 603. The Morgan fingerprint density at radius 2 is 2.08 bits per heavy atom. The van der Waals surface area contributed by atoms with Crippen LogP contribution in [0.25, 0.3) is 0 Å². The summed E-state index contributed by atoms with van der Waals surface area (Å²) in [7, 11) is 1.77. The molecule has 0 bridgehead atoms. The van der Waals surface area contributed by atoms with Crippen LogP contribution < -0.4 is 10.6 Å². The molecule has 2 N–H and O–H groups in total. The number of carbonyl (C=O) groups is 2. The summed E-state index contributed by atoms with van der Waals surface area (Å²) in [4.78, 5) is 33.2. The predicted molar refractivity (Wildman–Crippen MR) is 85.5 cm³/mol. The Balaban J connectivity index is 1.35. The van der Waals surface area contributed by atoms with Crippen LogP contribution in [-0.2, 0) is 9.59 Å². The van der Waals surface area contributed by atoms with Crippen LogP contribution in [0.1, 0.15) is 25.7 Å². The van der Waals surface area contributed by atoms with Crippen LogP contribution in [0.15, 0.2) is 12.4 Å². The van der Waals surface area contributed by atoms with Crippen LogP contribution in [0.5, 0.6) is 0 Å². The van der Waals surface area contributed by atoms with E-state index >= 15 is 0 Å². The minimum atomic E-state index is -0.456. The second-order valence-corrected chi connectivity index (χ2v) is 6.65. The van der Waals surface area contributed by atoms with Crippen molar-refractivity contribution in [3.05, 3.63) is 18.2 Å². The van der Waals surface area contributed by atoms with E-state index < -0.39 is 5.82 Å². The molecule has 2 aliphatic rings. The van der Waals surface area contributed by atoms with E-state index in [2.05, 4.69) is 20.6 Å². The van der Waals surface area contributed by atoms with Gasteiger partial charge in [-0.15, -0.1) is 0 Å². The number of nitrogens with one attached hydrogen (secondary N) is 2. The summed E-state index contributed by atoms with van der Waals surface area (Å²) in [5, 5.41) is 6.11. The molecular weight excluding hydrogens is 313 g/mol. The molecule has 1 saturated carbocycles. The fourth-order valence-corrected chi connectivity index (χ4v) is 3.15. The van der Waals surface area contributed by atoms with Crippen LogP contribution in [0.3, 0.4) is 0 Å². The van der Waals surface area contributed by atoms with Crippen molar-refractivity contribution in [2.45, 2.75) is 31.7 Å². The molecule has 1 unspecified atom stereocenters. The third-order valence-corrected chi connectivity index (χ3v) is 4.78. The van der Waals surface area contributed by atoms with Crippen LogP contribution >= 0.6 is 0 Å². The quantitative estimate of drug-likeness (QED) is 0.831. The summed E-state index contributed by atoms with van der Waals surface area (Å²) in [6, 6.07) is 0.252. The van der Waals surface area contributed by atoms with Gasteiger partial charge in [0.05, 0.1) is 12.4 Å². The van der Waals surface area contributed by atoms with Crippen LogP contribution in [0, 0.1) is 17.7 Å². The van der Waals surface area contributed by atoms with E-state index in [1.54, 1.807) is 11.9 Å². The van der Waals surface area contributed by atoms with Gasteiger partial charge >= 0.3 is 0 Å². The number of amides is 2. The highest BCUT2D eigenvalue weighted by Crippen LogP contribution is 2.29. The van der Waals surface area contributed by atoms with Gasteiger partial charge in [0.2, 0.25) is 17.8 Å². The fraction of sp³-hybridized carbons (Fsp3) is 0.625. The molecule has 0 aromatic carbocycles. The minimum Gasteiger partial charge on any atom is -0.356 e. The van der Waals surface area contributed by atoms with Gasteiger partial charge in [-0.3, -0.25) is 9.59 Å². The van der Waals surface area contributed by atoms with Gasteiger partial charge in [0.15, 0.2) is 5.82 Å². The highest BCUT2D eigenvalue weighted by molar-refractivity contribution is 5.86. The Labute approximate surface area is 140 Å². The van der Waals surface area contributed by atoms with Gasteiger partial charge in [-0.25, -0.2) is 14.4 Å². The molecule has 1 aromatic heterocycles. The second kappa shape index (κ2) is 7.11. The number of halogens is 1. The molecule has 24 heavy (non-hydrogen) atoms. The highest BCUT2D eigenvalue weighted by atomic mass is 19.1. The number of likely N-dealkylation sites (tertiary alicyclic amines) is 1. The highest BCUT2D eigenvalue weighted by Gasteiger charge is 2.32. The number of anilines is 1. The van der Waals surface area contributed by atoms with Crippen molar-refractivity contribution in [1.82, 2.24) is 20.2 Å². The Hall–Kier alpha value is -2.25. The van der Waals surface area contributed by atoms with Gasteiger partial charge < -0.3 is 15.5 Å². The third-order valence-electron chi connectivity index (χ3n) is 4.78. The van der Waals surface area contributed by atoms with Crippen molar-refractivity contribution in [3.8, 4) is 0 Å². The van der Waals surface area contributed by atoms with E-state index in [9.17, 15) is 14.0 Å². The monoisotopic (exact) mass is 335 g/mol. The Kier molecular flexibility index (Phi) is 4.92. The SMILES string of the molecule is CN1CCC(C(=O)NCC2CC(Nc3ncc(F)cn3)C2)CC1=O. The molecule has 3 rings (SSSR count). The van der Waals surface area contributed by atoms with Gasteiger partial charge in [-0.2, -0.15) is 0 Å². The first-order valence-corrected chi connectivity index (χ1v) is 8.27. The fourth-order valence-electron chi connectivity index (χ4n) is 3.15. The molecule has 8 heteroatoms. The molecule has 1 aliphatic carbocycles. The van der Waals surface area contributed by atoms with E-state index in [-0.39, 0.29) is 23.8 Å². The van der Waals surface area contributed by atoms with Crippen LogP contribution in [-0.4, -0.2) is 52.9 Å². The number of nitrogens with zero attached hydrogens (tertiary/aromatic N) is 3. The molecule has 130 valence electrons. The largest absolute Gasteiger partial charge is 0.356 e. The summed E-state index contributed by atoms with van der Waals surface area (Å²) in [6.45, 7) is 1.27. The maximum Gasteiger partial charge on any atom is 0.223 e. The summed E-state index contributed by atoms with van der Waals surface area (Å²) in [5.41, 5.74) is 0. The zero-order valence-electron chi connectivity index (χ0n) is 13.7. The summed E-state index contributed by atoms with van der Waals surface area (Å²) in [6.07, 6.45) is 5.12. The Morgan fingerprint density at radius 3 is 2.75 bits per heavy atom. The second-order valence-electron chi connectivity index (χ2n) is 6.65. The molecule has 0 spiro atoms. The normalized spacial score (nSPS) is 26.7. The molecule has 1 aliphatic heterocycles. The lowest BCUT2D eigenvalue weighted by Gasteiger charge is -2.36. The molecule has 2 fully saturated rings. The minimum absolute atomic E-state index is 0.0188. The van der Waals surface area contributed by atoms with Crippen molar-refractivity contribution >= 4 is 17.8 Å². The van der Waals surface area contributed by atoms with Crippen molar-refractivity contribution < 1.29 is 14.0 Å². The maximum absolute atomic E-state index is 12.7. The first-order chi connectivity index (χ1) is 11.5. The maximum atomic E-state index is 12.7. The summed E-state index contributed by atoms with van der Waals surface area (Å²) in [5.74, 6) is 0.198. The number of hydrogen-bond donors (Lipinski definition) is 2. The summed E-state index contributed by atoms with van der Waals surface area (Å²) >= 11 is 0. The summed E-state index contributed by atoms with van der Waals surface area (Å²) < 4.78 is 12.7. The third kappa shape index (κ3) is 3.98. The molecule has 7 nitrogen and oxygen atoms in total. The van der Waals surface area contributed by atoms with Gasteiger partial charge in [0.25, 0.3) is 0 Å². The molecule has 0 radical (unpaired) electrons. The van der Waals surface area contributed by atoms with Crippen LogP contribution in [0.2, 0.25) is 0 Å². The van der Waals surface area contributed by atoms with Crippen molar-refractivity contribution in [1.29, 1.82) is 0 Å². The van der Waals surface area contributed by atoms with E-state index in [4.69, 9.17) is 0 Å². The first-order valence-electron chi connectivity index (χ1n) is 8.27. The number of piperidine rings is 1. The average molecular weight is 335 g/mol. The molecule has 1 saturated heterocycles. The number of aromatic nitrogens is 2. The van der Waals surface area contributed by atoms with Crippen molar-refractivity contribution in [2.75, 3.05) is 25.5 Å². The zero-order chi connectivity index (χ0) is 17.1. The standard InChI is InChI=1S/C16H22FN5O2/c1-22-3-2-11(6-14(22)23)15(24)18-7-10-4-13(5-10)21-16-19-8-12(17)9-20-16/h8-11,13H,2-7H2,1H3,(H,18,24)(H,19,20,21). The lowest BCUT2D eigenvalue weighted by molar-refractivity contribution is -0.139. The zero-order valence-corrected chi connectivity index (χ0v) is 13.7. The van der Waals surface area contributed by atoms with Crippen molar-refractivity contribution in [3.63, 3.8) is 0 Å². The van der Waals surface area contributed by atoms with Gasteiger partial charge in [-0.05, 0) is 25.2 Å². The van der Waals surface area contributed by atoms with Crippen molar-refractivity contribution in [2.24, 2.45) is 11.8 Å². The number of rotatable bonds is 5. The average Bonchev–Trinajstić information content (AvgIpc) is 2.53. The molecule has 1 aromatic rings. The molecule has 2 amide bonds. The van der Waals surface area contributed by atoms with Crippen LogP contribution in [0.4, 0.5) is 10.3 Å². The topological polar surface area (TPSA) is 87.2 Å². The lowest BCUT2D eigenvalue weighted by atomic mass is 9.80. The van der Waals surface area contributed by atoms with E-state index in [1.165, 1.54) is 0 Å². The van der Waals surface area contributed by atoms with E-state index in [1.807, 2.05) is 0 Å². The smallest absolute Gasteiger partial charge is 0.223 e. The van der Waals surface area contributed by atoms with E-state index in [0.29, 0.717) is 31.4 Å². The lowest BCUT2D eigenvalue weighted by Crippen LogP contribution is -2.46. The number of hydrogen-bond acceptors (Lipinski definition) is 5. The van der Waals surface area contributed by atoms with E-state index in [0.717, 1.165) is 31.7 Å². The molecular formula is C16H22FN5O2. The molecule has 2 heterocycles. The Morgan fingerprint density at radius 1 is 1.38 bits per heavy atom.